The van der Waals surface area contributed by atoms with E-state index in [2.05, 4.69) is 36.9 Å². The maximum Gasteiger partial charge on any atom is 0.410 e. The molecule has 3 aromatic carbocycles. The van der Waals surface area contributed by atoms with Crippen LogP contribution in [0.5, 0.6) is 11.5 Å². The van der Waals surface area contributed by atoms with Gasteiger partial charge in [0.15, 0.2) is 0 Å². The molecule has 0 atom stereocenters. The normalized spacial score (nSPS) is 14.2. The maximum atomic E-state index is 13.8. The van der Waals surface area contributed by atoms with Crippen molar-refractivity contribution < 1.29 is 22.7 Å². The summed E-state index contributed by atoms with van der Waals surface area (Å²) in [4.78, 5) is 30.3. The zero-order chi connectivity index (χ0) is 38.1. The molecule has 3 heterocycles. The summed E-state index contributed by atoms with van der Waals surface area (Å²) in [5, 5.41) is 0.523. The summed E-state index contributed by atoms with van der Waals surface area (Å²) in [5.41, 5.74) is 3.80. The van der Waals surface area contributed by atoms with Crippen LogP contribution < -0.4 is 10.3 Å². The first-order valence-corrected chi connectivity index (χ1v) is 19.7. The molecule has 10 nitrogen and oxygen atoms in total. The summed E-state index contributed by atoms with van der Waals surface area (Å²) in [7, 11) is -2.40. The van der Waals surface area contributed by atoms with Gasteiger partial charge in [-0.1, -0.05) is 49.7 Å². The lowest BCUT2D eigenvalue weighted by Crippen LogP contribution is -2.50. The SMILES string of the molecule is Cc1ccc(S(=O)(=O)n2ccc3c(-c4cc(C(C)C)ccc4Oc4cccc(CCCN5CCN(C(=O)OC(C)(C)C)CC5)c4)cn(C)c(=O)c32)cc1. The second-order valence-corrected chi connectivity index (χ2v) is 17.0. The molecule has 1 amide bonds. The van der Waals surface area contributed by atoms with Gasteiger partial charge in [0.2, 0.25) is 0 Å². The van der Waals surface area contributed by atoms with Gasteiger partial charge in [-0.15, -0.1) is 0 Å². The van der Waals surface area contributed by atoms with Gasteiger partial charge in [-0.25, -0.2) is 17.2 Å². The number of pyridine rings is 1. The second-order valence-electron chi connectivity index (χ2n) is 15.2. The minimum absolute atomic E-state index is 0.0831. The highest BCUT2D eigenvalue weighted by atomic mass is 32.2. The number of hydrogen-bond donors (Lipinski definition) is 0. The molecule has 0 saturated carbocycles. The Morgan fingerprint density at radius 3 is 2.30 bits per heavy atom. The highest BCUT2D eigenvalue weighted by Crippen LogP contribution is 2.39. The van der Waals surface area contributed by atoms with Crippen LogP contribution in [0.3, 0.4) is 0 Å². The monoisotopic (exact) mass is 738 g/mol. The number of piperazine rings is 1. The van der Waals surface area contributed by atoms with Crippen molar-refractivity contribution in [3.05, 3.63) is 112 Å². The van der Waals surface area contributed by atoms with Gasteiger partial charge in [-0.3, -0.25) is 9.69 Å². The summed E-state index contributed by atoms with van der Waals surface area (Å²) in [6, 6.07) is 22.5. The molecule has 1 saturated heterocycles. The van der Waals surface area contributed by atoms with Crippen LogP contribution in [0.15, 0.2) is 94.9 Å². The third kappa shape index (κ3) is 8.52. The Hall–Kier alpha value is -4.87. The first-order valence-electron chi connectivity index (χ1n) is 18.2. The molecule has 1 aliphatic rings. The van der Waals surface area contributed by atoms with Crippen molar-refractivity contribution in [1.29, 1.82) is 0 Å². The maximum absolute atomic E-state index is 13.8. The number of hydrogen-bond acceptors (Lipinski definition) is 7. The van der Waals surface area contributed by atoms with Gasteiger partial charge in [-0.2, -0.15) is 0 Å². The molecule has 6 rings (SSSR count). The Balaban J connectivity index is 1.23. The topological polar surface area (TPSA) is 103 Å². The number of amides is 1. The van der Waals surface area contributed by atoms with Gasteiger partial charge in [0, 0.05) is 62.1 Å². The van der Waals surface area contributed by atoms with E-state index in [-0.39, 0.29) is 22.4 Å². The zero-order valence-electron chi connectivity index (χ0n) is 31.8. The van der Waals surface area contributed by atoms with Crippen molar-refractivity contribution in [2.24, 2.45) is 7.05 Å². The number of nitrogens with zero attached hydrogens (tertiary/aromatic N) is 4. The molecule has 1 fully saturated rings. The lowest BCUT2D eigenvalue weighted by atomic mass is 9.95. The molecule has 0 spiro atoms. The van der Waals surface area contributed by atoms with Gasteiger partial charge in [-0.05, 0) is 107 Å². The molecule has 0 aliphatic carbocycles. The molecule has 2 aromatic heterocycles. The summed E-state index contributed by atoms with van der Waals surface area (Å²) in [6.07, 6.45) is 4.79. The van der Waals surface area contributed by atoms with E-state index in [0.29, 0.717) is 35.5 Å². The minimum atomic E-state index is -4.04. The average Bonchev–Trinajstić information content (AvgIpc) is 3.57. The van der Waals surface area contributed by atoms with E-state index in [1.165, 1.54) is 10.8 Å². The van der Waals surface area contributed by atoms with Gasteiger partial charge in [0.05, 0.1) is 4.90 Å². The number of aromatic nitrogens is 2. The fraction of sp³-hybridized carbons (Fsp3) is 0.381. The van der Waals surface area contributed by atoms with E-state index in [4.69, 9.17) is 9.47 Å². The van der Waals surface area contributed by atoms with Crippen molar-refractivity contribution in [1.82, 2.24) is 18.3 Å². The fourth-order valence-electron chi connectivity index (χ4n) is 6.65. The van der Waals surface area contributed by atoms with Crippen molar-refractivity contribution in [2.75, 3.05) is 32.7 Å². The van der Waals surface area contributed by atoms with E-state index < -0.39 is 21.2 Å². The third-order valence-corrected chi connectivity index (χ3v) is 11.3. The first-order chi connectivity index (χ1) is 25.1. The molecule has 0 bridgehead atoms. The van der Waals surface area contributed by atoms with E-state index in [1.54, 1.807) is 48.5 Å². The van der Waals surface area contributed by atoms with Gasteiger partial charge >= 0.3 is 6.09 Å². The standard InChI is InChI=1S/C42H50N4O6S/c1-29(2)32-15-18-38(51-33-12-8-10-31(26-33)11-9-20-44-22-24-45(25-23-44)41(48)52-42(4,5)6)36(27-32)37-28-43(7)40(47)39-35(37)19-21-46(39)53(49,50)34-16-13-30(3)14-17-34/h8,10,12-19,21,26-29H,9,11,20,22-25H2,1-7H3. The Labute approximate surface area is 312 Å². The van der Waals surface area contributed by atoms with Crippen LogP contribution in [0.2, 0.25) is 0 Å². The Bertz CT molecular complexity index is 2280. The van der Waals surface area contributed by atoms with Gasteiger partial charge in [0.1, 0.15) is 22.6 Å². The molecular weight excluding hydrogens is 689 g/mol. The quantitative estimate of drug-likeness (QED) is 0.143. The first kappa shape index (κ1) is 37.9. The fourth-order valence-corrected chi connectivity index (χ4v) is 8.00. The van der Waals surface area contributed by atoms with E-state index >= 15 is 0 Å². The predicted octanol–water partition coefficient (Wildman–Crippen LogP) is 7.95. The van der Waals surface area contributed by atoms with Crippen LogP contribution in [0.25, 0.3) is 22.0 Å². The van der Waals surface area contributed by atoms with Crippen LogP contribution in [0.4, 0.5) is 4.79 Å². The summed E-state index contributed by atoms with van der Waals surface area (Å²) in [5.74, 6) is 1.51. The zero-order valence-corrected chi connectivity index (χ0v) is 32.6. The number of carbonyl (C=O) groups excluding carboxylic acids is 1. The average molecular weight is 739 g/mol. The number of carbonyl (C=O) groups is 1. The van der Waals surface area contributed by atoms with E-state index in [9.17, 15) is 18.0 Å². The minimum Gasteiger partial charge on any atom is -0.457 e. The van der Waals surface area contributed by atoms with Crippen LogP contribution >= 0.6 is 0 Å². The van der Waals surface area contributed by atoms with Crippen molar-refractivity contribution in [2.45, 2.75) is 70.8 Å². The molecule has 5 aromatic rings. The van der Waals surface area contributed by atoms with E-state index in [1.807, 2.05) is 52.0 Å². The van der Waals surface area contributed by atoms with Crippen LogP contribution in [-0.4, -0.2) is 71.2 Å². The van der Waals surface area contributed by atoms with Crippen LogP contribution in [0, 0.1) is 6.92 Å². The number of rotatable bonds is 10. The smallest absolute Gasteiger partial charge is 0.410 e. The molecule has 0 radical (unpaired) electrons. The van der Waals surface area contributed by atoms with Gasteiger partial charge < -0.3 is 18.9 Å². The number of benzene rings is 3. The van der Waals surface area contributed by atoms with E-state index in [0.717, 1.165) is 58.7 Å². The molecule has 0 unspecified atom stereocenters. The number of fused-ring (bicyclic) bond motifs is 1. The molecule has 11 heteroatoms. The molecular formula is C42H50N4O6S. The third-order valence-electron chi connectivity index (χ3n) is 9.62. The van der Waals surface area contributed by atoms with Crippen LogP contribution in [-0.2, 0) is 28.2 Å². The Morgan fingerprint density at radius 2 is 1.62 bits per heavy atom. The summed E-state index contributed by atoms with van der Waals surface area (Å²) < 4.78 is 42.3. The molecule has 1 aliphatic heterocycles. The number of aryl methyl sites for hydroxylation is 3. The molecule has 280 valence electrons. The Kier molecular flexibility index (Phi) is 10.9. The lowest BCUT2D eigenvalue weighted by Gasteiger charge is -2.35. The van der Waals surface area contributed by atoms with Crippen molar-refractivity contribution in [3.63, 3.8) is 0 Å². The second kappa shape index (κ2) is 15.2. The molecule has 53 heavy (non-hydrogen) atoms. The molecule has 0 N–H and O–H groups in total. The predicted molar refractivity (Wildman–Crippen MR) is 210 cm³/mol. The van der Waals surface area contributed by atoms with Crippen LogP contribution in [0.1, 0.15) is 63.6 Å². The highest BCUT2D eigenvalue weighted by molar-refractivity contribution is 7.90. The summed E-state index contributed by atoms with van der Waals surface area (Å²) in [6.45, 7) is 15.7. The van der Waals surface area contributed by atoms with Crippen molar-refractivity contribution in [3.8, 4) is 22.6 Å². The number of ether oxygens (including phenoxy) is 2. The van der Waals surface area contributed by atoms with Gasteiger partial charge in [0.25, 0.3) is 15.6 Å². The largest absolute Gasteiger partial charge is 0.457 e. The highest BCUT2D eigenvalue weighted by Gasteiger charge is 2.26. The Morgan fingerprint density at radius 1 is 0.906 bits per heavy atom. The summed E-state index contributed by atoms with van der Waals surface area (Å²) >= 11 is 0. The lowest BCUT2D eigenvalue weighted by molar-refractivity contribution is 0.0144. The van der Waals surface area contributed by atoms with Crippen molar-refractivity contribution >= 4 is 27.0 Å².